The molecular formula is C11H13F2NO2S. The molecule has 0 aliphatic heterocycles. The van der Waals surface area contributed by atoms with Crippen molar-refractivity contribution in [1.29, 1.82) is 0 Å². The van der Waals surface area contributed by atoms with Gasteiger partial charge in [0.05, 0.1) is 5.25 Å². The van der Waals surface area contributed by atoms with Crippen molar-refractivity contribution in [3.8, 4) is 0 Å². The number of hydrogen-bond donors (Lipinski definition) is 1. The molecule has 1 atom stereocenters. The highest BCUT2D eigenvalue weighted by atomic mass is 32.2. The monoisotopic (exact) mass is 261 g/mol. The van der Waals surface area contributed by atoms with E-state index < -0.39 is 27.7 Å². The molecule has 1 saturated carbocycles. The van der Waals surface area contributed by atoms with Crippen LogP contribution in [0.1, 0.15) is 31.4 Å². The molecule has 1 aromatic rings. The smallest absolute Gasteiger partial charge is 0.212 e. The molecule has 0 aromatic heterocycles. The standard InChI is InChI=1S/C11H13F2NO2S/c1-7(14-17(15,16)9-3-4-9)10-5-2-8(12)6-11(10)13/h2,5-7,9,14H,3-4H2,1H3. The van der Waals surface area contributed by atoms with Crippen molar-refractivity contribution in [2.45, 2.75) is 31.1 Å². The van der Waals surface area contributed by atoms with Crippen LogP contribution in [0, 0.1) is 11.6 Å². The first kappa shape index (κ1) is 12.4. The number of hydrogen-bond acceptors (Lipinski definition) is 2. The molecule has 94 valence electrons. The number of benzene rings is 1. The molecule has 0 spiro atoms. The van der Waals surface area contributed by atoms with Gasteiger partial charge in [-0.2, -0.15) is 0 Å². The van der Waals surface area contributed by atoms with Gasteiger partial charge in [0.1, 0.15) is 11.6 Å². The molecule has 2 rings (SSSR count). The van der Waals surface area contributed by atoms with Gasteiger partial charge in [-0.15, -0.1) is 0 Å². The number of nitrogens with one attached hydrogen (secondary N) is 1. The Balaban J connectivity index is 2.17. The molecule has 1 unspecified atom stereocenters. The van der Waals surface area contributed by atoms with Crippen molar-refractivity contribution >= 4 is 10.0 Å². The van der Waals surface area contributed by atoms with Gasteiger partial charge < -0.3 is 0 Å². The minimum Gasteiger partial charge on any atom is -0.212 e. The fraction of sp³-hybridized carbons (Fsp3) is 0.455. The predicted octanol–water partition coefficient (Wildman–Crippen LogP) is 2.11. The Kier molecular flexibility index (Phi) is 3.18. The van der Waals surface area contributed by atoms with Crippen LogP contribution in [0.4, 0.5) is 8.78 Å². The molecule has 0 radical (unpaired) electrons. The maximum absolute atomic E-state index is 13.4. The topological polar surface area (TPSA) is 46.2 Å². The van der Waals surface area contributed by atoms with Gasteiger partial charge in [-0.25, -0.2) is 21.9 Å². The summed E-state index contributed by atoms with van der Waals surface area (Å²) in [6.07, 6.45) is 1.29. The lowest BCUT2D eigenvalue weighted by Crippen LogP contribution is -2.30. The van der Waals surface area contributed by atoms with Crippen LogP contribution < -0.4 is 4.72 Å². The Bertz CT molecular complexity index is 526. The van der Waals surface area contributed by atoms with E-state index in [4.69, 9.17) is 0 Å². The van der Waals surface area contributed by atoms with Crippen molar-refractivity contribution in [3.05, 3.63) is 35.4 Å². The quantitative estimate of drug-likeness (QED) is 0.902. The Labute approximate surface area is 98.9 Å². The lowest BCUT2D eigenvalue weighted by atomic mass is 10.1. The average Bonchev–Trinajstić information content (AvgIpc) is 2.98. The number of sulfonamides is 1. The van der Waals surface area contributed by atoms with Gasteiger partial charge in [0, 0.05) is 17.7 Å². The van der Waals surface area contributed by atoms with E-state index >= 15 is 0 Å². The van der Waals surface area contributed by atoms with Gasteiger partial charge >= 0.3 is 0 Å². The third-order valence-corrected chi connectivity index (χ3v) is 4.76. The molecule has 6 heteroatoms. The fourth-order valence-electron chi connectivity index (χ4n) is 1.64. The van der Waals surface area contributed by atoms with Crippen molar-refractivity contribution in [2.75, 3.05) is 0 Å². The minimum absolute atomic E-state index is 0.149. The summed E-state index contributed by atoms with van der Waals surface area (Å²) in [7, 11) is -3.37. The van der Waals surface area contributed by atoms with E-state index in [1.54, 1.807) is 0 Å². The highest BCUT2D eigenvalue weighted by Crippen LogP contribution is 2.29. The van der Waals surface area contributed by atoms with Gasteiger partial charge in [0.2, 0.25) is 10.0 Å². The molecule has 1 N–H and O–H groups in total. The summed E-state index contributed by atoms with van der Waals surface area (Å²) in [5.41, 5.74) is 0.149. The molecular weight excluding hydrogens is 248 g/mol. The van der Waals surface area contributed by atoms with Gasteiger partial charge in [-0.3, -0.25) is 0 Å². The van der Waals surface area contributed by atoms with Crippen molar-refractivity contribution in [1.82, 2.24) is 4.72 Å². The Morgan fingerprint density at radius 3 is 2.53 bits per heavy atom. The van der Waals surface area contributed by atoms with Crippen LogP contribution in [0.25, 0.3) is 0 Å². The summed E-state index contributed by atoms with van der Waals surface area (Å²) < 4.78 is 51.8. The second-order valence-corrected chi connectivity index (χ2v) is 6.24. The van der Waals surface area contributed by atoms with Gasteiger partial charge in [-0.05, 0) is 25.8 Å². The van der Waals surface area contributed by atoms with Crippen molar-refractivity contribution in [2.24, 2.45) is 0 Å². The van der Waals surface area contributed by atoms with Crippen LogP contribution in [-0.2, 0) is 10.0 Å². The molecule has 1 aliphatic rings. The number of rotatable bonds is 4. The van der Waals surface area contributed by atoms with Crippen LogP contribution in [0.3, 0.4) is 0 Å². The summed E-state index contributed by atoms with van der Waals surface area (Å²) in [6, 6.07) is 2.42. The van der Waals surface area contributed by atoms with Crippen LogP contribution in [0.5, 0.6) is 0 Å². The molecule has 0 amide bonds. The molecule has 3 nitrogen and oxygen atoms in total. The molecule has 0 saturated heterocycles. The van der Waals surface area contributed by atoms with Crippen LogP contribution >= 0.6 is 0 Å². The zero-order chi connectivity index (χ0) is 12.6. The lowest BCUT2D eigenvalue weighted by Gasteiger charge is -2.15. The molecule has 1 aliphatic carbocycles. The first-order chi connectivity index (χ1) is 7.90. The summed E-state index contributed by atoms with van der Waals surface area (Å²) >= 11 is 0. The second kappa shape index (κ2) is 4.34. The maximum atomic E-state index is 13.4. The Hall–Kier alpha value is -1.01. The van der Waals surface area contributed by atoms with Gasteiger partial charge in [-0.1, -0.05) is 6.07 Å². The lowest BCUT2D eigenvalue weighted by molar-refractivity contribution is 0.539. The van der Waals surface area contributed by atoms with Crippen molar-refractivity contribution < 1.29 is 17.2 Å². The van der Waals surface area contributed by atoms with Crippen LogP contribution in [-0.4, -0.2) is 13.7 Å². The first-order valence-electron chi connectivity index (χ1n) is 5.36. The normalized spacial score (nSPS) is 18.1. The van der Waals surface area contributed by atoms with Crippen LogP contribution in [0.2, 0.25) is 0 Å². The van der Waals surface area contributed by atoms with E-state index in [1.807, 2.05) is 0 Å². The summed E-state index contributed by atoms with van der Waals surface area (Å²) in [5, 5.41) is -0.353. The predicted molar refractivity (Wildman–Crippen MR) is 59.9 cm³/mol. The SMILES string of the molecule is CC(NS(=O)(=O)C1CC1)c1ccc(F)cc1F. The zero-order valence-corrected chi connectivity index (χ0v) is 10.1. The number of halogens is 2. The van der Waals surface area contributed by atoms with E-state index in [1.165, 1.54) is 13.0 Å². The Morgan fingerprint density at radius 1 is 1.35 bits per heavy atom. The van der Waals surface area contributed by atoms with Crippen molar-refractivity contribution in [3.63, 3.8) is 0 Å². The van der Waals surface area contributed by atoms with E-state index in [-0.39, 0.29) is 10.8 Å². The fourth-order valence-corrected chi connectivity index (χ4v) is 3.21. The third-order valence-electron chi connectivity index (χ3n) is 2.73. The molecule has 1 aromatic carbocycles. The summed E-state index contributed by atoms with van der Waals surface area (Å²) in [4.78, 5) is 0. The average molecular weight is 261 g/mol. The van der Waals surface area contributed by atoms with E-state index in [2.05, 4.69) is 4.72 Å². The molecule has 1 fully saturated rings. The maximum Gasteiger partial charge on any atom is 0.215 e. The second-order valence-electron chi connectivity index (χ2n) is 4.25. The molecule has 0 bridgehead atoms. The van der Waals surface area contributed by atoms with E-state index in [0.717, 1.165) is 12.1 Å². The van der Waals surface area contributed by atoms with E-state index in [0.29, 0.717) is 12.8 Å². The molecule has 17 heavy (non-hydrogen) atoms. The van der Waals surface area contributed by atoms with E-state index in [9.17, 15) is 17.2 Å². The zero-order valence-electron chi connectivity index (χ0n) is 9.28. The largest absolute Gasteiger partial charge is 0.215 e. The minimum atomic E-state index is -3.37. The highest BCUT2D eigenvalue weighted by Gasteiger charge is 2.36. The molecule has 0 heterocycles. The summed E-state index contributed by atoms with van der Waals surface area (Å²) in [5.74, 6) is -1.42. The highest BCUT2D eigenvalue weighted by molar-refractivity contribution is 7.90. The summed E-state index contributed by atoms with van der Waals surface area (Å²) in [6.45, 7) is 1.54. The van der Waals surface area contributed by atoms with Gasteiger partial charge in [0.15, 0.2) is 0 Å². The third kappa shape index (κ3) is 2.81. The Morgan fingerprint density at radius 2 is 2.00 bits per heavy atom. The first-order valence-corrected chi connectivity index (χ1v) is 6.91. The van der Waals surface area contributed by atoms with Gasteiger partial charge in [0.25, 0.3) is 0 Å². The van der Waals surface area contributed by atoms with Crippen LogP contribution in [0.15, 0.2) is 18.2 Å².